The predicted octanol–water partition coefficient (Wildman–Crippen LogP) is 4.44. The van der Waals surface area contributed by atoms with E-state index >= 15 is 0 Å². The van der Waals surface area contributed by atoms with Crippen molar-refractivity contribution in [3.05, 3.63) is 54.4 Å². The zero-order valence-corrected chi connectivity index (χ0v) is 15.1. The number of nitrogens with one attached hydrogen (secondary N) is 1. The van der Waals surface area contributed by atoms with Crippen LogP contribution in [-0.4, -0.2) is 21.6 Å². The summed E-state index contributed by atoms with van der Waals surface area (Å²) >= 11 is 3.43. The molecule has 0 aliphatic heterocycles. The molecular formula is C18H19N3OS2. The van der Waals surface area contributed by atoms with Crippen LogP contribution in [-0.2, 0) is 4.79 Å². The first-order valence-corrected chi connectivity index (χ1v) is 9.70. The first-order chi connectivity index (χ1) is 11.7. The number of thiazole rings is 1. The average Bonchev–Trinajstić information content (AvgIpc) is 3.02. The van der Waals surface area contributed by atoms with Crippen LogP contribution in [0, 0.1) is 0 Å². The summed E-state index contributed by atoms with van der Waals surface area (Å²) in [7, 11) is 0. The molecule has 0 spiro atoms. The molecule has 0 radical (unpaired) electrons. The maximum absolute atomic E-state index is 12.0. The molecule has 0 unspecified atom stereocenters. The number of hydrogen-bond donors (Lipinski definition) is 1. The fourth-order valence-electron chi connectivity index (χ4n) is 2.35. The summed E-state index contributed by atoms with van der Waals surface area (Å²) in [5.74, 6) is 0.987. The zero-order chi connectivity index (χ0) is 16.8. The summed E-state index contributed by atoms with van der Waals surface area (Å²) in [5, 5.41) is 3.03. The molecule has 0 fully saturated rings. The summed E-state index contributed by atoms with van der Waals surface area (Å²) in [6.07, 6.45) is 4.86. The maximum Gasteiger partial charge on any atom is 0.220 e. The third kappa shape index (κ3) is 4.55. The van der Waals surface area contributed by atoms with Crippen LogP contribution in [0.2, 0.25) is 0 Å². The maximum atomic E-state index is 12.0. The lowest BCUT2D eigenvalue weighted by molar-refractivity contribution is -0.121. The number of pyridine rings is 1. The highest BCUT2D eigenvalue weighted by molar-refractivity contribution is 8.01. The van der Waals surface area contributed by atoms with Gasteiger partial charge in [0.05, 0.1) is 16.3 Å². The van der Waals surface area contributed by atoms with E-state index in [0.717, 1.165) is 27.6 Å². The molecule has 0 saturated heterocycles. The van der Waals surface area contributed by atoms with E-state index in [4.69, 9.17) is 0 Å². The Bertz CT molecular complexity index is 771. The van der Waals surface area contributed by atoms with E-state index in [-0.39, 0.29) is 11.9 Å². The summed E-state index contributed by atoms with van der Waals surface area (Å²) in [4.78, 5) is 20.6. The summed E-state index contributed by atoms with van der Waals surface area (Å²) in [5.41, 5.74) is 2.12. The highest BCUT2D eigenvalue weighted by Gasteiger charge is 2.09. The molecule has 6 heteroatoms. The highest BCUT2D eigenvalue weighted by Crippen LogP contribution is 2.29. The van der Waals surface area contributed by atoms with E-state index in [2.05, 4.69) is 21.4 Å². The van der Waals surface area contributed by atoms with Crippen LogP contribution >= 0.6 is 23.1 Å². The van der Waals surface area contributed by atoms with Gasteiger partial charge in [-0.2, -0.15) is 0 Å². The van der Waals surface area contributed by atoms with Gasteiger partial charge in [0.25, 0.3) is 0 Å². The van der Waals surface area contributed by atoms with E-state index in [0.29, 0.717) is 6.42 Å². The van der Waals surface area contributed by atoms with Gasteiger partial charge < -0.3 is 5.32 Å². The average molecular weight is 358 g/mol. The molecule has 0 aliphatic carbocycles. The number of hydrogen-bond acceptors (Lipinski definition) is 5. The van der Waals surface area contributed by atoms with Gasteiger partial charge in [0.1, 0.15) is 0 Å². The SMILES string of the molecule is C[C@H](NC(=O)CCCSc1nc2ccccc2s1)c1ccncc1. The fraction of sp³-hybridized carbons (Fsp3) is 0.278. The Morgan fingerprint density at radius 1 is 1.25 bits per heavy atom. The van der Waals surface area contributed by atoms with Crippen LogP contribution in [0.1, 0.15) is 31.4 Å². The van der Waals surface area contributed by atoms with Crippen molar-refractivity contribution < 1.29 is 4.79 Å². The third-order valence-electron chi connectivity index (χ3n) is 3.63. The van der Waals surface area contributed by atoms with Gasteiger partial charge in [-0.1, -0.05) is 23.9 Å². The predicted molar refractivity (Wildman–Crippen MR) is 100 cm³/mol. The van der Waals surface area contributed by atoms with Crippen LogP contribution in [0.15, 0.2) is 53.1 Å². The zero-order valence-electron chi connectivity index (χ0n) is 13.4. The normalized spacial score (nSPS) is 12.2. The molecule has 1 aromatic carbocycles. The summed E-state index contributed by atoms with van der Waals surface area (Å²) in [6, 6.07) is 12.0. The Morgan fingerprint density at radius 3 is 2.83 bits per heavy atom. The molecule has 1 N–H and O–H groups in total. The Labute approximate surface area is 149 Å². The number of thioether (sulfide) groups is 1. The van der Waals surface area contributed by atoms with Gasteiger partial charge >= 0.3 is 0 Å². The van der Waals surface area contributed by atoms with Crippen molar-refractivity contribution in [3.8, 4) is 0 Å². The highest BCUT2D eigenvalue weighted by atomic mass is 32.2. The fourth-order valence-corrected chi connectivity index (χ4v) is 4.43. The van der Waals surface area contributed by atoms with E-state index in [1.54, 1.807) is 35.5 Å². The number of nitrogens with zero attached hydrogens (tertiary/aromatic N) is 2. The van der Waals surface area contributed by atoms with Crippen molar-refractivity contribution in [1.29, 1.82) is 0 Å². The number of amides is 1. The summed E-state index contributed by atoms with van der Waals surface area (Å²) in [6.45, 7) is 1.99. The van der Waals surface area contributed by atoms with Crippen molar-refractivity contribution in [2.45, 2.75) is 30.1 Å². The number of carbonyl (C=O) groups excluding carboxylic acids is 1. The molecular weight excluding hydrogens is 338 g/mol. The van der Waals surface area contributed by atoms with Crippen LogP contribution in [0.3, 0.4) is 0 Å². The largest absolute Gasteiger partial charge is 0.350 e. The molecule has 24 heavy (non-hydrogen) atoms. The van der Waals surface area contributed by atoms with Gasteiger partial charge in [-0.3, -0.25) is 9.78 Å². The molecule has 2 heterocycles. The van der Waals surface area contributed by atoms with Crippen molar-refractivity contribution in [2.24, 2.45) is 0 Å². The number of carbonyl (C=O) groups is 1. The number of benzene rings is 1. The Balaban J connectivity index is 1.40. The second-order valence-electron chi connectivity index (χ2n) is 5.47. The van der Waals surface area contributed by atoms with Crippen LogP contribution in [0.5, 0.6) is 0 Å². The minimum absolute atomic E-state index is 0.0115. The van der Waals surface area contributed by atoms with Crippen molar-refractivity contribution in [3.63, 3.8) is 0 Å². The first-order valence-electron chi connectivity index (χ1n) is 7.90. The molecule has 3 rings (SSSR count). The van der Waals surface area contributed by atoms with Crippen molar-refractivity contribution in [2.75, 3.05) is 5.75 Å². The standard InChI is InChI=1S/C18H19N3OS2/c1-13(14-8-10-19-11-9-14)20-17(22)7-4-12-23-18-21-15-5-2-3-6-16(15)24-18/h2-3,5-6,8-11,13H,4,7,12H2,1H3,(H,20,22)/t13-/m0/s1. The van der Waals surface area contributed by atoms with Gasteiger partial charge in [-0.15, -0.1) is 11.3 Å². The molecule has 4 nitrogen and oxygen atoms in total. The van der Waals surface area contributed by atoms with E-state index < -0.39 is 0 Å². The van der Waals surface area contributed by atoms with Gasteiger partial charge in [0, 0.05) is 24.6 Å². The second-order valence-corrected chi connectivity index (χ2v) is 7.84. The van der Waals surface area contributed by atoms with E-state index in [1.165, 1.54) is 4.70 Å². The first kappa shape index (κ1) is 16.9. The Morgan fingerprint density at radius 2 is 2.04 bits per heavy atom. The summed E-state index contributed by atoms with van der Waals surface area (Å²) < 4.78 is 2.28. The lowest BCUT2D eigenvalue weighted by atomic mass is 10.1. The lowest BCUT2D eigenvalue weighted by Gasteiger charge is -2.13. The van der Waals surface area contributed by atoms with Crippen molar-refractivity contribution >= 4 is 39.2 Å². The minimum Gasteiger partial charge on any atom is -0.350 e. The quantitative estimate of drug-likeness (QED) is 0.502. The number of fused-ring (bicyclic) bond motifs is 1. The number of para-hydroxylation sites is 1. The Hall–Kier alpha value is -1.92. The molecule has 2 aromatic heterocycles. The smallest absolute Gasteiger partial charge is 0.220 e. The minimum atomic E-state index is 0.0115. The molecule has 3 aromatic rings. The Kier molecular flexibility index (Phi) is 5.82. The van der Waals surface area contributed by atoms with Gasteiger partial charge in [0.15, 0.2) is 4.34 Å². The molecule has 0 saturated carbocycles. The van der Waals surface area contributed by atoms with Gasteiger partial charge in [-0.05, 0) is 43.2 Å². The van der Waals surface area contributed by atoms with E-state index in [1.807, 2.05) is 37.3 Å². The van der Waals surface area contributed by atoms with Gasteiger partial charge in [-0.25, -0.2) is 4.98 Å². The molecule has 1 atom stereocenters. The molecule has 1 amide bonds. The molecule has 0 aliphatic rings. The van der Waals surface area contributed by atoms with Crippen LogP contribution in [0.25, 0.3) is 10.2 Å². The second kappa shape index (κ2) is 8.26. The monoisotopic (exact) mass is 357 g/mol. The van der Waals surface area contributed by atoms with Crippen LogP contribution in [0.4, 0.5) is 0 Å². The third-order valence-corrected chi connectivity index (χ3v) is 5.90. The van der Waals surface area contributed by atoms with E-state index in [9.17, 15) is 4.79 Å². The van der Waals surface area contributed by atoms with Crippen molar-refractivity contribution in [1.82, 2.24) is 15.3 Å². The van der Waals surface area contributed by atoms with Gasteiger partial charge in [0.2, 0.25) is 5.91 Å². The topological polar surface area (TPSA) is 54.9 Å². The lowest BCUT2D eigenvalue weighted by Crippen LogP contribution is -2.26. The number of aromatic nitrogens is 2. The van der Waals surface area contributed by atoms with Crippen LogP contribution < -0.4 is 5.32 Å². The number of rotatable bonds is 7. The molecule has 124 valence electrons. The molecule has 0 bridgehead atoms.